The Morgan fingerprint density at radius 2 is 0.594 bits per heavy atom. The van der Waals surface area contributed by atoms with E-state index in [1.165, 1.54) is 167 Å². The van der Waals surface area contributed by atoms with Crippen molar-refractivity contribution in [3.05, 3.63) is 352 Å². The summed E-state index contributed by atoms with van der Waals surface area (Å²) in [6.45, 7) is 0. The first kappa shape index (κ1) is 59.2. The summed E-state index contributed by atoms with van der Waals surface area (Å²) in [4.78, 5) is 11.9. The smallest absolute Gasteiger partial charge is 0.139 e. The molecule has 0 radical (unpaired) electrons. The SMILES string of the molecule is c1cc(-c2ccc3sc4c(-c5ccc(-c6ccc7c8ccc(-c9cccc(-c%10cnc%11sc%12ccccc%12c%11c%10)c9)cc8c8ccccc8c7c6)cc5)nc(-n5c6ccccc6c6cc(-n7c8ccccc8c8ccccc87)ccc65)cc4c3c2)cc(-c2ccc3c4ccccc4c4ccccc4c3c2)c1. The van der Waals surface area contributed by atoms with Crippen molar-refractivity contribution < 1.29 is 0 Å². The molecule has 0 saturated carbocycles. The molecule has 106 heavy (non-hydrogen) atoms. The largest absolute Gasteiger partial charge is 0.309 e. The maximum absolute atomic E-state index is 5.88. The summed E-state index contributed by atoms with van der Waals surface area (Å²) in [5, 5.41) is 24.8. The number of thiophene rings is 2. The van der Waals surface area contributed by atoms with Gasteiger partial charge in [0.25, 0.3) is 0 Å². The Balaban J connectivity index is 0.650. The predicted octanol–water partition coefficient (Wildman–Crippen LogP) is 28.3. The van der Waals surface area contributed by atoms with Crippen molar-refractivity contribution in [3.63, 3.8) is 0 Å². The fourth-order valence-electron chi connectivity index (χ4n) is 17.5. The molecule has 23 aromatic rings. The Bertz CT molecular complexity index is 7610. The standard InChI is InChI=1S/C100H58N4S2/c1-2-23-73-71(21-1)72-22-3-4-24-74(72)85-52-66(40-45-77(73)85)61-17-15-18-62(49-61)68-42-48-96-88(54-68)89-57-97(104-93-33-13-9-29-82(93)87-56-70(43-47-94(87)104)103-91-31-11-7-27-80(91)81-28-8-12-32-92(81)103)102-98(99(89)105-96)60-37-35-59(36-38-60)65-39-44-78-79-46-41-67(53-86(79)76-26-6-5-25-75(76)84(78)51-65)63-19-16-20-64(50-63)69-55-90-83-30-10-14-34-95(83)106-100(90)101-58-69/h1-58H. The Labute approximate surface area is 616 Å². The van der Waals surface area contributed by atoms with Crippen LogP contribution in [-0.2, 0) is 0 Å². The minimum Gasteiger partial charge on any atom is -0.309 e. The van der Waals surface area contributed by atoms with E-state index in [0.717, 1.165) is 60.0 Å². The summed E-state index contributed by atoms with van der Waals surface area (Å²) in [6, 6.07) is 129. The van der Waals surface area contributed by atoms with Gasteiger partial charge in [-0.15, -0.1) is 22.7 Å². The minimum absolute atomic E-state index is 0.874. The first-order valence-electron chi connectivity index (χ1n) is 36.2. The Kier molecular flexibility index (Phi) is 12.9. The molecule has 0 atom stereocenters. The molecule has 0 aliphatic carbocycles. The van der Waals surface area contributed by atoms with Crippen molar-refractivity contribution in [2.75, 3.05) is 0 Å². The molecule has 0 aliphatic rings. The van der Waals surface area contributed by atoms with Crippen LogP contribution >= 0.6 is 22.7 Å². The number of nitrogens with zero attached hydrogens (tertiary/aromatic N) is 4. The van der Waals surface area contributed by atoms with E-state index in [-0.39, 0.29) is 0 Å². The third kappa shape index (κ3) is 9.05. The molecule has 0 amide bonds. The molecule has 0 unspecified atom stereocenters. The van der Waals surface area contributed by atoms with E-state index in [1.54, 1.807) is 11.3 Å². The van der Waals surface area contributed by atoms with Crippen LogP contribution in [0.15, 0.2) is 352 Å². The Morgan fingerprint density at radius 3 is 1.15 bits per heavy atom. The molecule has 0 N–H and O–H groups in total. The average Bonchev–Trinajstić information content (AvgIpc) is 1.70. The molecule has 0 bridgehead atoms. The molecule has 23 rings (SSSR count). The van der Waals surface area contributed by atoms with Crippen LogP contribution < -0.4 is 0 Å². The number of para-hydroxylation sites is 3. The summed E-state index contributed by atoms with van der Waals surface area (Å²) in [7, 11) is 0. The van der Waals surface area contributed by atoms with Crippen LogP contribution in [0.5, 0.6) is 0 Å². The number of aromatic nitrogens is 4. The Morgan fingerprint density at radius 1 is 0.208 bits per heavy atom. The van der Waals surface area contributed by atoms with Gasteiger partial charge in [0.2, 0.25) is 0 Å². The number of rotatable bonds is 8. The first-order valence-corrected chi connectivity index (χ1v) is 37.9. The normalized spacial score (nSPS) is 12.2. The second-order valence-corrected chi connectivity index (χ2v) is 30.4. The molecule has 17 aromatic carbocycles. The van der Waals surface area contributed by atoms with Crippen LogP contribution in [-0.4, -0.2) is 19.1 Å². The van der Waals surface area contributed by atoms with Crippen LogP contribution in [0, 0.1) is 0 Å². The number of hydrogen-bond acceptors (Lipinski definition) is 4. The van der Waals surface area contributed by atoms with Gasteiger partial charge in [0.1, 0.15) is 10.6 Å². The molecule has 0 spiro atoms. The number of benzene rings is 17. The quantitative estimate of drug-likeness (QED) is 0.142. The van der Waals surface area contributed by atoms with Crippen molar-refractivity contribution >= 4 is 171 Å². The summed E-state index contributed by atoms with van der Waals surface area (Å²) >= 11 is 3.59. The van der Waals surface area contributed by atoms with E-state index in [4.69, 9.17) is 9.97 Å². The van der Waals surface area contributed by atoms with Gasteiger partial charge in [-0.25, -0.2) is 9.97 Å². The van der Waals surface area contributed by atoms with Crippen molar-refractivity contribution in [1.82, 2.24) is 19.1 Å². The molecular formula is C100H58N4S2. The fourth-order valence-corrected chi connectivity index (χ4v) is 19.7. The molecule has 0 aliphatic heterocycles. The van der Waals surface area contributed by atoms with Gasteiger partial charge in [-0.05, 0) is 212 Å². The van der Waals surface area contributed by atoms with Crippen LogP contribution in [0.4, 0.5) is 0 Å². The highest BCUT2D eigenvalue weighted by molar-refractivity contribution is 7.26. The van der Waals surface area contributed by atoms with Crippen LogP contribution in [0.1, 0.15) is 0 Å². The zero-order valence-corrected chi connectivity index (χ0v) is 58.7. The van der Waals surface area contributed by atoms with Crippen molar-refractivity contribution in [2.24, 2.45) is 0 Å². The van der Waals surface area contributed by atoms with Gasteiger partial charge < -0.3 is 4.57 Å². The van der Waals surface area contributed by atoms with Gasteiger partial charge in [0.15, 0.2) is 0 Å². The molecule has 490 valence electrons. The molecule has 4 nitrogen and oxygen atoms in total. The van der Waals surface area contributed by atoms with Crippen molar-refractivity contribution in [3.8, 4) is 78.4 Å². The van der Waals surface area contributed by atoms with Crippen LogP contribution in [0.3, 0.4) is 0 Å². The van der Waals surface area contributed by atoms with Gasteiger partial charge in [0, 0.05) is 75.5 Å². The van der Waals surface area contributed by atoms with Gasteiger partial charge in [-0.2, -0.15) is 0 Å². The highest BCUT2D eigenvalue weighted by atomic mass is 32.1. The van der Waals surface area contributed by atoms with Crippen LogP contribution in [0.2, 0.25) is 0 Å². The van der Waals surface area contributed by atoms with Gasteiger partial charge in [-0.1, -0.05) is 249 Å². The predicted molar refractivity (Wildman–Crippen MR) is 454 cm³/mol. The highest BCUT2D eigenvalue weighted by Gasteiger charge is 2.23. The monoisotopic (exact) mass is 1380 g/mol. The lowest BCUT2D eigenvalue weighted by molar-refractivity contribution is 1.09. The fraction of sp³-hybridized carbons (Fsp3) is 0. The van der Waals surface area contributed by atoms with Crippen molar-refractivity contribution in [1.29, 1.82) is 0 Å². The lowest BCUT2D eigenvalue weighted by Crippen LogP contribution is -1.99. The molecular weight excluding hydrogens is 1320 g/mol. The third-order valence-corrected chi connectivity index (χ3v) is 24.8. The van der Waals surface area contributed by atoms with Gasteiger partial charge >= 0.3 is 0 Å². The lowest BCUT2D eigenvalue weighted by atomic mass is 9.90. The number of fused-ring (bicyclic) bond motifs is 24. The summed E-state index contributed by atoms with van der Waals surface area (Å²) in [5.41, 5.74) is 19.4. The number of pyridine rings is 2. The van der Waals surface area contributed by atoms with E-state index in [2.05, 4.69) is 355 Å². The second-order valence-electron chi connectivity index (χ2n) is 28.3. The highest BCUT2D eigenvalue weighted by Crippen LogP contribution is 2.47. The zero-order valence-electron chi connectivity index (χ0n) is 57.1. The molecule has 0 saturated heterocycles. The Hall–Kier alpha value is -13.4. The van der Waals surface area contributed by atoms with Crippen LogP contribution in [0.25, 0.3) is 227 Å². The summed E-state index contributed by atoms with van der Waals surface area (Å²) in [6.07, 6.45) is 2.03. The topological polar surface area (TPSA) is 35.6 Å². The first-order chi connectivity index (χ1) is 52.5. The van der Waals surface area contributed by atoms with Gasteiger partial charge in [-0.3, -0.25) is 4.57 Å². The average molecular weight is 1380 g/mol. The molecule has 6 heterocycles. The molecule has 6 heteroatoms. The van der Waals surface area contributed by atoms with E-state index < -0.39 is 0 Å². The van der Waals surface area contributed by atoms with Gasteiger partial charge in [0.05, 0.1) is 32.5 Å². The minimum atomic E-state index is 0.874. The second kappa shape index (κ2) is 23.1. The summed E-state index contributed by atoms with van der Waals surface area (Å²) in [5.74, 6) is 0.874. The van der Waals surface area contributed by atoms with E-state index >= 15 is 0 Å². The van der Waals surface area contributed by atoms with E-state index in [1.807, 2.05) is 17.5 Å². The molecule has 6 aromatic heterocycles. The summed E-state index contributed by atoms with van der Waals surface area (Å²) < 4.78 is 8.46. The lowest BCUT2D eigenvalue weighted by Gasteiger charge is -2.14. The third-order valence-electron chi connectivity index (χ3n) is 22.5. The maximum Gasteiger partial charge on any atom is 0.139 e. The molecule has 0 fully saturated rings. The van der Waals surface area contributed by atoms with Crippen molar-refractivity contribution in [2.45, 2.75) is 0 Å². The zero-order chi connectivity index (χ0) is 69.2. The van der Waals surface area contributed by atoms with E-state index in [0.29, 0.717) is 0 Å². The number of hydrogen-bond donors (Lipinski definition) is 0. The maximum atomic E-state index is 5.88. The van der Waals surface area contributed by atoms with E-state index in [9.17, 15) is 0 Å².